The van der Waals surface area contributed by atoms with Gasteiger partial charge in [0.15, 0.2) is 0 Å². The van der Waals surface area contributed by atoms with Gasteiger partial charge in [0.05, 0.1) is 11.0 Å². The minimum Gasteiger partial charge on any atom is -0.456 e. The topological polar surface area (TPSA) is 37.7 Å². The number of hydrogen-bond acceptors (Lipinski definition) is 5. The second-order valence-electron chi connectivity index (χ2n) is 27.8. The van der Waals surface area contributed by atoms with E-state index in [9.17, 15) is 0 Å². The van der Waals surface area contributed by atoms with Gasteiger partial charge in [0.2, 0.25) is 0 Å². The van der Waals surface area contributed by atoms with Gasteiger partial charge >= 0.3 is 6.85 Å². The van der Waals surface area contributed by atoms with E-state index in [0.29, 0.717) is 0 Å². The van der Waals surface area contributed by atoms with Crippen LogP contribution in [-0.2, 0) is 21.7 Å². The van der Waals surface area contributed by atoms with Crippen molar-refractivity contribution in [2.45, 2.75) is 105 Å². The first kappa shape index (κ1) is 50.2. The van der Waals surface area contributed by atoms with Crippen molar-refractivity contribution in [3.05, 3.63) is 204 Å². The van der Waals surface area contributed by atoms with Gasteiger partial charge in [0.25, 0.3) is 0 Å². The number of hydrogen-bond donors (Lipinski definition) is 0. The molecular formula is C76H66BN3O2S. The number of benzene rings is 10. The Balaban J connectivity index is 1.03. The molecule has 0 N–H and O–H groups in total. The van der Waals surface area contributed by atoms with Gasteiger partial charge in [-0.15, -0.1) is 11.3 Å². The lowest BCUT2D eigenvalue weighted by Gasteiger charge is -2.42. The number of para-hydroxylation sites is 2. The van der Waals surface area contributed by atoms with Crippen LogP contribution in [0.15, 0.2) is 191 Å². The van der Waals surface area contributed by atoms with Crippen molar-refractivity contribution >= 4 is 143 Å². The predicted molar refractivity (Wildman–Crippen MR) is 357 cm³/mol. The third-order valence-corrected chi connectivity index (χ3v) is 19.5. The Morgan fingerprint density at radius 1 is 0.422 bits per heavy atom. The zero-order valence-corrected chi connectivity index (χ0v) is 50.3. The maximum Gasteiger partial charge on any atom is 0.333 e. The summed E-state index contributed by atoms with van der Waals surface area (Å²) in [6, 6.07) is 69.2. The highest BCUT2D eigenvalue weighted by atomic mass is 32.1. The molecule has 0 bridgehead atoms. The highest BCUT2D eigenvalue weighted by molar-refractivity contribution is 7.26. The first-order valence-electron chi connectivity index (χ1n) is 29.5. The molecule has 0 spiro atoms. The monoisotopic (exact) mass is 1100 g/mol. The van der Waals surface area contributed by atoms with Crippen molar-refractivity contribution in [1.29, 1.82) is 0 Å². The van der Waals surface area contributed by atoms with Crippen LogP contribution in [-0.4, -0.2) is 11.4 Å². The standard InChI is InChI=1S/C76H66BN3O2S/c1-73(2,3)43-21-28-47(29-22-43)78(48-30-23-44(24-31-48)74(4,5)6)50-34-36-65-54(38-50)55-39-57-60(42-66(55)83-65)80(49-32-25-45(26-33-49)75(7,8)9)77-58-41-64-53(51-17-13-15-19-62(51)81-64)40-61(58)79-59-35-27-46(76(10,11)12)37-56(59)67-68-52-18-14-16-20-63(52)82-72(68)69(57)70(77)71(67)79/h13-42H,1-12H3. The fraction of sp³-hybridized carbons (Fsp3) is 0.211. The number of anilines is 5. The molecule has 6 heterocycles. The lowest BCUT2D eigenvalue weighted by atomic mass is 9.43. The summed E-state index contributed by atoms with van der Waals surface area (Å²) < 4.78 is 19.4. The average molecular weight is 1100 g/mol. The summed E-state index contributed by atoms with van der Waals surface area (Å²) in [5.41, 5.74) is 22.8. The second kappa shape index (κ2) is 17.0. The smallest absolute Gasteiger partial charge is 0.333 e. The molecule has 0 radical (unpaired) electrons. The van der Waals surface area contributed by atoms with Crippen LogP contribution in [0.2, 0.25) is 0 Å². The van der Waals surface area contributed by atoms with Gasteiger partial charge < -0.3 is 23.1 Å². The zero-order chi connectivity index (χ0) is 57.0. The molecule has 0 fully saturated rings. The molecule has 0 atom stereocenters. The quantitative estimate of drug-likeness (QED) is 0.165. The number of fused-ring (bicyclic) bond motifs is 19. The van der Waals surface area contributed by atoms with Gasteiger partial charge in [-0.2, -0.15) is 0 Å². The van der Waals surface area contributed by atoms with Crippen LogP contribution in [0.25, 0.3) is 103 Å². The van der Waals surface area contributed by atoms with Crippen LogP contribution < -0.4 is 20.6 Å². The van der Waals surface area contributed by atoms with Gasteiger partial charge in [0.1, 0.15) is 22.3 Å². The third kappa shape index (κ3) is 7.39. The van der Waals surface area contributed by atoms with E-state index in [2.05, 4.69) is 279 Å². The van der Waals surface area contributed by atoms with Crippen LogP contribution >= 0.6 is 11.3 Å². The molecule has 10 aromatic carbocycles. The van der Waals surface area contributed by atoms with E-state index in [4.69, 9.17) is 8.83 Å². The lowest BCUT2D eigenvalue weighted by molar-refractivity contribution is 0.590. The molecule has 406 valence electrons. The van der Waals surface area contributed by atoms with E-state index < -0.39 is 0 Å². The number of rotatable bonds is 4. The van der Waals surface area contributed by atoms with Crippen molar-refractivity contribution < 1.29 is 8.83 Å². The Bertz CT molecular complexity index is 5000. The van der Waals surface area contributed by atoms with Crippen molar-refractivity contribution in [3.8, 4) is 16.8 Å². The van der Waals surface area contributed by atoms with Crippen LogP contribution in [0.4, 0.5) is 28.4 Å². The molecule has 0 saturated heterocycles. The SMILES string of the molecule is CC(C)(C)c1ccc(N2B3c4cc5oc6ccccc6c5cc4-n4c5ccc(C(C)(C)C)cc5c5c6c(oc7ccccc76)c(c3c54)-c3cc4c(cc32)sc2ccc(N(c3ccc(C(C)(C)C)cc3)c3ccc(C(C)(C)C)cc3)cc24)cc1. The van der Waals surface area contributed by atoms with Crippen LogP contribution in [0.5, 0.6) is 0 Å². The molecule has 0 aliphatic carbocycles. The van der Waals surface area contributed by atoms with Crippen LogP contribution in [0, 0.1) is 0 Å². The highest BCUT2D eigenvalue weighted by Crippen LogP contribution is 2.54. The molecule has 0 saturated carbocycles. The largest absolute Gasteiger partial charge is 0.456 e. The summed E-state index contributed by atoms with van der Waals surface area (Å²) in [6.07, 6.45) is 0. The molecule has 0 amide bonds. The third-order valence-electron chi connectivity index (χ3n) is 18.4. The summed E-state index contributed by atoms with van der Waals surface area (Å²) in [5, 5.41) is 9.46. The molecule has 16 rings (SSSR count). The molecule has 2 aliphatic rings. The number of aromatic nitrogens is 1. The Hall–Kier alpha value is -8.52. The Morgan fingerprint density at radius 3 is 1.63 bits per heavy atom. The van der Waals surface area contributed by atoms with E-state index in [1.807, 2.05) is 11.3 Å². The van der Waals surface area contributed by atoms with Gasteiger partial charge in [-0.3, -0.25) is 0 Å². The first-order chi connectivity index (χ1) is 39.7. The minimum absolute atomic E-state index is 0.0232. The molecule has 4 aromatic heterocycles. The summed E-state index contributed by atoms with van der Waals surface area (Å²) in [6.45, 7) is 27.3. The Kier molecular flexibility index (Phi) is 10.3. The lowest BCUT2D eigenvalue weighted by Crippen LogP contribution is -2.60. The van der Waals surface area contributed by atoms with Crippen molar-refractivity contribution in [2.24, 2.45) is 0 Å². The highest BCUT2D eigenvalue weighted by Gasteiger charge is 2.47. The van der Waals surface area contributed by atoms with Crippen molar-refractivity contribution in [3.63, 3.8) is 0 Å². The molecule has 5 nitrogen and oxygen atoms in total. The molecule has 0 unspecified atom stereocenters. The summed E-state index contributed by atoms with van der Waals surface area (Å²) >= 11 is 1.88. The maximum absolute atomic E-state index is 7.47. The summed E-state index contributed by atoms with van der Waals surface area (Å²) in [4.78, 5) is 5.09. The second-order valence-corrected chi connectivity index (χ2v) is 28.9. The molecule has 14 aromatic rings. The number of furan rings is 2. The molecular weight excluding hydrogens is 1030 g/mol. The molecule has 7 heteroatoms. The van der Waals surface area contributed by atoms with E-state index in [-0.39, 0.29) is 28.5 Å². The Morgan fingerprint density at radius 2 is 0.988 bits per heavy atom. The fourth-order valence-electron chi connectivity index (χ4n) is 13.9. The Labute approximate surface area is 489 Å². The van der Waals surface area contributed by atoms with Crippen LogP contribution in [0.1, 0.15) is 105 Å². The van der Waals surface area contributed by atoms with E-state index in [1.165, 1.54) is 86.2 Å². The zero-order valence-electron chi connectivity index (χ0n) is 49.5. The van der Waals surface area contributed by atoms with Gasteiger partial charge in [0, 0.05) is 97.7 Å². The summed E-state index contributed by atoms with van der Waals surface area (Å²) in [7, 11) is 0. The van der Waals surface area contributed by atoms with E-state index in [0.717, 1.165) is 78.1 Å². The van der Waals surface area contributed by atoms with E-state index >= 15 is 0 Å². The van der Waals surface area contributed by atoms with Crippen molar-refractivity contribution in [2.75, 3.05) is 9.71 Å². The molecule has 83 heavy (non-hydrogen) atoms. The minimum atomic E-state index is -0.258. The average Bonchev–Trinajstić information content (AvgIpc) is 1.62. The molecule has 2 aliphatic heterocycles. The number of nitrogens with zero attached hydrogens (tertiary/aromatic N) is 3. The van der Waals surface area contributed by atoms with Gasteiger partial charge in [-0.1, -0.05) is 162 Å². The van der Waals surface area contributed by atoms with Gasteiger partial charge in [-0.05, 0) is 158 Å². The normalized spacial score (nSPS) is 13.7. The van der Waals surface area contributed by atoms with Gasteiger partial charge in [-0.25, -0.2) is 0 Å². The predicted octanol–water partition coefficient (Wildman–Crippen LogP) is 20.8. The first-order valence-corrected chi connectivity index (χ1v) is 30.3. The van der Waals surface area contributed by atoms with Crippen LogP contribution in [0.3, 0.4) is 0 Å². The van der Waals surface area contributed by atoms with E-state index in [1.54, 1.807) is 0 Å². The van der Waals surface area contributed by atoms with Crippen molar-refractivity contribution in [1.82, 2.24) is 4.57 Å². The maximum atomic E-state index is 7.47. The summed E-state index contributed by atoms with van der Waals surface area (Å²) in [5.74, 6) is 0. The number of thiophene rings is 1. The fourth-order valence-corrected chi connectivity index (χ4v) is 15.0.